The Morgan fingerprint density at radius 1 is 0.971 bits per heavy atom. The van der Waals surface area contributed by atoms with E-state index in [0.717, 1.165) is 11.0 Å². The summed E-state index contributed by atoms with van der Waals surface area (Å²) >= 11 is 1.38. The molecular weight excluding hydrogens is 454 g/mol. The van der Waals surface area contributed by atoms with Gasteiger partial charge in [-0.3, -0.25) is 28.4 Å². The molecule has 1 aliphatic heterocycles. The number of aryl methyl sites for hydroxylation is 1. The van der Waals surface area contributed by atoms with Gasteiger partial charge in [-0.2, -0.15) is 0 Å². The van der Waals surface area contributed by atoms with Gasteiger partial charge in [-0.25, -0.2) is 14.8 Å². The highest BCUT2D eigenvalue weighted by molar-refractivity contribution is 7.99. The Morgan fingerprint density at radius 2 is 1.62 bits per heavy atom. The molecule has 1 aliphatic rings. The molecule has 178 valence electrons. The highest BCUT2D eigenvalue weighted by atomic mass is 32.2. The molecule has 0 N–H and O–H groups in total. The average molecular weight is 482 g/mol. The van der Waals surface area contributed by atoms with Gasteiger partial charge in [-0.1, -0.05) is 32.9 Å². The minimum Gasteiger partial charge on any atom is -0.277 e. The number of amides is 2. The Balaban J connectivity index is 1.61. The summed E-state index contributed by atoms with van der Waals surface area (Å²) in [6, 6.07) is 6.82. The van der Waals surface area contributed by atoms with Gasteiger partial charge in [0.15, 0.2) is 5.65 Å². The second-order valence-corrected chi connectivity index (χ2v) is 9.63. The number of carbonyl (C=O) groups is 2. The van der Waals surface area contributed by atoms with Gasteiger partial charge in [0, 0.05) is 31.8 Å². The van der Waals surface area contributed by atoms with Crippen LogP contribution in [0.5, 0.6) is 0 Å². The maximum absolute atomic E-state index is 13.0. The lowest BCUT2D eigenvalue weighted by atomic mass is 10.1. The molecule has 2 aromatic heterocycles. The molecule has 0 saturated heterocycles. The van der Waals surface area contributed by atoms with Gasteiger partial charge in [-0.15, -0.1) is 11.8 Å². The van der Waals surface area contributed by atoms with Gasteiger partial charge < -0.3 is 0 Å². The molecule has 0 saturated carbocycles. The summed E-state index contributed by atoms with van der Waals surface area (Å²) in [5.41, 5.74) is 0.401. The Labute approximate surface area is 200 Å². The van der Waals surface area contributed by atoms with E-state index in [-0.39, 0.29) is 24.3 Å². The summed E-state index contributed by atoms with van der Waals surface area (Å²) in [5.74, 6) is 0.548. The lowest BCUT2D eigenvalue weighted by Crippen LogP contribution is -2.39. The SMILES string of the molecule is CCCn1c(=O)n(C)c(=O)c2c(SCCCN3C(=O)c4ccccc4C3=O)nc(C(C)C)nc21. The van der Waals surface area contributed by atoms with E-state index in [2.05, 4.69) is 9.97 Å². The highest BCUT2D eigenvalue weighted by Gasteiger charge is 2.34. The summed E-state index contributed by atoms with van der Waals surface area (Å²) in [6.07, 6.45) is 1.25. The number of hydrogen-bond acceptors (Lipinski definition) is 7. The van der Waals surface area contributed by atoms with Gasteiger partial charge in [0.2, 0.25) is 0 Å². The fourth-order valence-electron chi connectivity index (χ4n) is 3.98. The first-order valence-electron chi connectivity index (χ1n) is 11.4. The molecule has 3 aromatic rings. The summed E-state index contributed by atoms with van der Waals surface area (Å²) < 4.78 is 2.63. The fraction of sp³-hybridized carbons (Fsp3) is 0.417. The van der Waals surface area contributed by atoms with Gasteiger partial charge in [0.05, 0.1) is 11.1 Å². The molecule has 0 fully saturated rings. The minimum atomic E-state index is -0.425. The lowest BCUT2D eigenvalue weighted by molar-refractivity contribution is 0.0655. The Hall–Kier alpha value is -3.27. The second-order valence-electron chi connectivity index (χ2n) is 8.55. The van der Waals surface area contributed by atoms with Gasteiger partial charge in [-0.05, 0) is 25.0 Å². The van der Waals surface area contributed by atoms with E-state index in [0.29, 0.717) is 51.7 Å². The molecule has 0 aliphatic carbocycles. The van der Waals surface area contributed by atoms with Crippen molar-refractivity contribution in [1.29, 1.82) is 0 Å². The number of benzene rings is 1. The van der Waals surface area contributed by atoms with Gasteiger partial charge in [0.25, 0.3) is 17.4 Å². The third-order valence-electron chi connectivity index (χ3n) is 5.77. The first-order chi connectivity index (χ1) is 16.3. The second kappa shape index (κ2) is 9.54. The first kappa shape index (κ1) is 23.9. The van der Waals surface area contributed by atoms with Crippen LogP contribution in [0, 0.1) is 0 Å². The number of imide groups is 1. The van der Waals surface area contributed by atoms with Crippen LogP contribution in [0.3, 0.4) is 0 Å². The molecule has 10 heteroatoms. The molecule has 0 unspecified atom stereocenters. The average Bonchev–Trinajstić information content (AvgIpc) is 3.07. The predicted octanol–water partition coefficient (Wildman–Crippen LogP) is 2.80. The van der Waals surface area contributed by atoms with E-state index in [1.165, 1.54) is 28.3 Å². The van der Waals surface area contributed by atoms with Crippen molar-refractivity contribution < 1.29 is 9.59 Å². The number of carbonyl (C=O) groups excluding carboxylic acids is 2. The van der Waals surface area contributed by atoms with Crippen LogP contribution >= 0.6 is 11.8 Å². The standard InChI is InChI=1S/C24H27N5O4S/c1-5-11-28-19-17(23(32)27(4)24(28)33)20(26-18(25-19)14(2)3)34-13-8-12-29-21(30)15-9-6-7-10-16(15)22(29)31/h6-7,9-10,14H,5,8,11-13H2,1-4H3. The molecule has 4 rings (SSSR count). The van der Waals surface area contributed by atoms with Crippen molar-refractivity contribution in [3.05, 3.63) is 62.1 Å². The van der Waals surface area contributed by atoms with Crippen LogP contribution in [0.1, 0.15) is 66.1 Å². The Bertz CT molecular complexity index is 1370. The number of hydrogen-bond donors (Lipinski definition) is 0. The fourth-order valence-corrected chi connectivity index (χ4v) is 4.92. The van der Waals surface area contributed by atoms with Crippen LogP contribution in [-0.2, 0) is 13.6 Å². The van der Waals surface area contributed by atoms with E-state index < -0.39 is 11.2 Å². The zero-order valence-electron chi connectivity index (χ0n) is 19.7. The highest BCUT2D eigenvalue weighted by Crippen LogP contribution is 2.27. The maximum atomic E-state index is 13.0. The van der Waals surface area contributed by atoms with Crippen molar-refractivity contribution in [2.24, 2.45) is 7.05 Å². The van der Waals surface area contributed by atoms with Gasteiger partial charge >= 0.3 is 5.69 Å². The number of nitrogens with zero attached hydrogens (tertiary/aromatic N) is 5. The molecule has 3 heterocycles. The summed E-state index contributed by atoms with van der Waals surface area (Å²) in [7, 11) is 1.46. The smallest absolute Gasteiger partial charge is 0.277 e. The van der Waals surface area contributed by atoms with Crippen LogP contribution in [0.4, 0.5) is 0 Å². The quantitative estimate of drug-likeness (QED) is 0.211. The van der Waals surface area contributed by atoms with Crippen LogP contribution in [0.15, 0.2) is 38.9 Å². The molecule has 9 nitrogen and oxygen atoms in total. The van der Waals surface area contributed by atoms with Crippen LogP contribution < -0.4 is 11.2 Å². The summed E-state index contributed by atoms with van der Waals surface area (Å²) in [4.78, 5) is 61.4. The van der Waals surface area contributed by atoms with Gasteiger partial charge in [0.1, 0.15) is 16.2 Å². The molecule has 2 amide bonds. The monoisotopic (exact) mass is 481 g/mol. The zero-order valence-corrected chi connectivity index (χ0v) is 20.5. The van der Waals surface area contributed by atoms with E-state index in [1.54, 1.807) is 24.3 Å². The third-order valence-corrected chi connectivity index (χ3v) is 6.83. The van der Waals surface area contributed by atoms with Crippen LogP contribution in [-0.4, -0.2) is 48.1 Å². The van der Waals surface area contributed by atoms with Crippen LogP contribution in [0.25, 0.3) is 11.0 Å². The Kier molecular flexibility index (Phi) is 6.70. The molecule has 0 bridgehead atoms. The number of fused-ring (bicyclic) bond motifs is 2. The van der Waals surface area contributed by atoms with E-state index >= 15 is 0 Å². The van der Waals surface area contributed by atoms with Crippen molar-refractivity contribution in [1.82, 2.24) is 24.0 Å². The predicted molar refractivity (Wildman–Crippen MR) is 131 cm³/mol. The molecular formula is C24H27N5O4S. The van der Waals surface area contributed by atoms with E-state index in [9.17, 15) is 19.2 Å². The number of thioether (sulfide) groups is 1. The molecule has 0 atom stereocenters. The largest absolute Gasteiger partial charge is 0.332 e. The van der Waals surface area contributed by atoms with Crippen molar-refractivity contribution in [2.75, 3.05) is 12.3 Å². The zero-order chi connectivity index (χ0) is 24.6. The first-order valence-corrected chi connectivity index (χ1v) is 12.3. The van der Waals surface area contributed by atoms with E-state index in [4.69, 9.17) is 0 Å². The van der Waals surface area contributed by atoms with E-state index in [1.807, 2.05) is 20.8 Å². The van der Waals surface area contributed by atoms with Crippen molar-refractivity contribution in [2.45, 2.75) is 51.1 Å². The lowest BCUT2D eigenvalue weighted by Gasteiger charge is -2.16. The molecule has 0 spiro atoms. The topological polar surface area (TPSA) is 107 Å². The number of rotatable bonds is 8. The number of aromatic nitrogens is 4. The third kappa shape index (κ3) is 4.06. The molecule has 1 aromatic carbocycles. The Morgan fingerprint density at radius 3 is 2.21 bits per heavy atom. The normalized spacial score (nSPS) is 13.4. The molecule has 0 radical (unpaired) electrons. The summed E-state index contributed by atoms with van der Waals surface area (Å²) in [5, 5.41) is 0.840. The maximum Gasteiger partial charge on any atom is 0.332 e. The van der Waals surface area contributed by atoms with Crippen molar-refractivity contribution >= 4 is 34.6 Å². The summed E-state index contributed by atoms with van der Waals surface area (Å²) in [6.45, 7) is 6.60. The molecule has 34 heavy (non-hydrogen) atoms. The van der Waals surface area contributed by atoms with Crippen molar-refractivity contribution in [3.63, 3.8) is 0 Å². The minimum absolute atomic E-state index is 0.0105. The van der Waals surface area contributed by atoms with Crippen LogP contribution in [0.2, 0.25) is 0 Å². The van der Waals surface area contributed by atoms with Crippen molar-refractivity contribution in [3.8, 4) is 0 Å².